The van der Waals surface area contributed by atoms with E-state index in [1.165, 1.54) is 5.01 Å². The fourth-order valence-electron chi connectivity index (χ4n) is 4.64. The Kier molecular flexibility index (Phi) is 7.91. The molecule has 37 heavy (non-hydrogen) atoms. The number of morpholine rings is 1. The predicted octanol–water partition coefficient (Wildman–Crippen LogP) is 3.22. The predicted molar refractivity (Wildman–Crippen MR) is 152 cm³/mol. The number of hydrogen-bond acceptors (Lipinski definition) is 8. The van der Waals surface area contributed by atoms with Crippen LogP contribution in [0.3, 0.4) is 0 Å². The highest BCUT2D eigenvalue weighted by atomic mass is 16.5. The van der Waals surface area contributed by atoms with Crippen LogP contribution in [-0.2, 0) is 9.53 Å². The van der Waals surface area contributed by atoms with E-state index < -0.39 is 5.54 Å². The number of guanidine groups is 1. The third kappa shape index (κ3) is 5.15. The highest BCUT2D eigenvalue weighted by molar-refractivity contribution is 6.15. The molecule has 202 valence electrons. The number of ether oxygens (including phenoxy) is 1. The summed E-state index contributed by atoms with van der Waals surface area (Å²) < 4.78 is 5.45. The molecule has 0 aliphatic carbocycles. The summed E-state index contributed by atoms with van der Waals surface area (Å²) in [5.41, 5.74) is 10.0. The van der Waals surface area contributed by atoms with Gasteiger partial charge in [0.2, 0.25) is 5.96 Å². The van der Waals surface area contributed by atoms with Crippen LogP contribution in [0.25, 0.3) is 0 Å². The number of nitrogen functional groups attached to an aromatic ring is 1. The van der Waals surface area contributed by atoms with Crippen LogP contribution >= 0.6 is 0 Å². The summed E-state index contributed by atoms with van der Waals surface area (Å²) in [6, 6.07) is 13.0. The first-order valence-electron chi connectivity index (χ1n) is 11.8. The van der Waals surface area contributed by atoms with E-state index in [-0.39, 0.29) is 26.6 Å². The Bertz CT molecular complexity index is 1260. The summed E-state index contributed by atoms with van der Waals surface area (Å²) in [6.07, 6.45) is 0. The largest absolute Gasteiger partial charge is 0.398 e. The van der Waals surface area contributed by atoms with Crippen LogP contribution in [0.2, 0.25) is 0 Å². The summed E-state index contributed by atoms with van der Waals surface area (Å²) in [5, 5.41) is 21.3. The second-order valence-electron chi connectivity index (χ2n) is 9.55. The Labute approximate surface area is 220 Å². The molecule has 0 atom stereocenters. The number of rotatable bonds is 5. The summed E-state index contributed by atoms with van der Waals surface area (Å²) in [4.78, 5) is 17.2. The molecule has 2 aliphatic heterocycles. The lowest BCUT2D eigenvalue weighted by Gasteiger charge is -2.46. The molecule has 2 aromatic rings. The number of benzene rings is 2. The lowest BCUT2D eigenvalue weighted by atomic mass is 9.88. The van der Waals surface area contributed by atoms with Gasteiger partial charge in [-0.15, -0.1) is 0 Å². The lowest BCUT2D eigenvalue weighted by Crippen LogP contribution is -2.62. The van der Waals surface area contributed by atoms with Crippen molar-refractivity contribution >= 4 is 34.6 Å². The summed E-state index contributed by atoms with van der Waals surface area (Å²) in [7, 11) is 1.70. The molecule has 1 fully saturated rings. The maximum Gasteiger partial charge on any atom is 0.255 e. The zero-order valence-corrected chi connectivity index (χ0v) is 21.9. The number of hydrogen-bond donors (Lipinski definition) is 6. The topological polar surface area (TPSA) is 183 Å². The Balaban J connectivity index is 0.00000253. The molecule has 0 bridgehead atoms. The molecule has 1 amide bonds. The monoisotopic (exact) mass is 511 g/mol. The normalized spacial score (nSPS) is 17.4. The Morgan fingerprint density at radius 3 is 2.51 bits per heavy atom. The zero-order valence-electron chi connectivity index (χ0n) is 21.9. The molecular formula is C26H41N9O2. The minimum Gasteiger partial charge on any atom is -0.398 e. The van der Waals surface area contributed by atoms with E-state index >= 15 is 0 Å². The number of nitrogens with one attached hydrogen (secondary N) is 3. The van der Waals surface area contributed by atoms with Gasteiger partial charge in [-0.1, -0.05) is 12.1 Å². The number of hydrazine groups is 1. The zero-order chi connectivity index (χ0) is 26.2. The van der Waals surface area contributed by atoms with E-state index in [1.807, 2.05) is 24.3 Å². The van der Waals surface area contributed by atoms with Gasteiger partial charge in [0.05, 0.1) is 30.0 Å². The molecule has 0 aromatic heterocycles. The number of anilines is 3. The molecule has 11 heteroatoms. The Morgan fingerprint density at radius 1 is 1.16 bits per heavy atom. The van der Waals surface area contributed by atoms with Gasteiger partial charge in [-0.3, -0.25) is 20.6 Å². The molecule has 2 aromatic carbocycles. The minimum atomic E-state index is -0.888. The quantitative estimate of drug-likeness (QED) is 0.201. The maximum atomic E-state index is 13.4. The van der Waals surface area contributed by atoms with Crippen LogP contribution in [0, 0.1) is 10.8 Å². The van der Waals surface area contributed by atoms with Crippen LogP contribution < -0.4 is 27.9 Å². The molecule has 0 radical (unpaired) electrons. The van der Waals surface area contributed by atoms with Gasteiger partial charge < -0.3 is 31.7 Å². The van der Waals surface area contributed by atoms with E-state index in [1.54, 1.807) is 50.9 Å². The van der Waals surface area contributed by atoms with Crippen molar-refractivity contribution in [3.8, 4) is 0 Å². The van der Waals surface area contributed by atoms with Crippen LogP contribution in [-0.4, -0.2) is 66.4 Å². The van der Waals surface area contributed by atoms with Crippen molar-refractivity contribution in [1.29, 1.82) is 10.8 Å². The molecule has 10 N–H and O–H groups in total. The minimum absolute atomic E-state index is 0. The first kappa shape index (κ1) is 27.7. The summed E-state index contributed by atoms with van der Waals surface area (Å²) >= 11 is 0. The van der Waals surface area contributed by atoms with E-state index in [9.17, 15) is 4.79 Å². The Morgan fingerprint density at radius 2 is 1.84 bits per heavy atom. The molecule has 4 rings (SSSR count). The van der Waals surface area contributed by atoms with Gasteiger partial charge in [-0.05, 0) is 51.1 Å². The summed E-state index contributed by atoms with van der Waals surface area (Å²) in [5.74, 6) is 5.92. The van der Waals surface area contributed by atoms with Gasteiger partial charge in [-0.2, -0.15) is 0 Å². The highest BCUT2D eigenvalue weighted by Crippen LogP contribution is 2.33. The second kappa shape index (κ2) is 10.6. The van der Waals surface area contributed by atoms with E-state index in [0.717, 1.165) is 24.3 Å². The smallest absolute Gasteiger partial charge is 0.255 e. The number of carbonyl (C=O) groups excluding carboxylic acids is 1. The van der Waals surface area contributed by atoms with Crippen LogP contribution in [0.1, 0.15) is 34.8 Å². The van der Waals surface area contributed by atoms with Crippen LogP contribution in [0.5, 0.6) is 0 Å². The number of nitrogens with zero attached hydrogens (tertiary/aromatic N) is 3. The highest BCUT2D eigenvalue weighted by Gasteiger charge is 2.42. The van der Waals surface area contributed by atoms with Crippen molar-refractivity contribution in [3.63, 3.8) is 0 Å². The molecule has 2 aliphatic rings. The lowest BCUT2D eigenvalue weighted by molar-refractivity contribution is -0.114. The fraction of sp³-hybridized carbons (Fsp3) is 0.346. The van der Waals surface area contributed by atoms with Crippen molar-refractivity contribution in [1.82, 2.24) is 16.1 Å². The van der Waals surface area contributed by atoms with Crippen molar-refractivity contribution in [3.05, 3.63) is 64.9 Å². The third-order valence-electron chi connectivity index (χ3n) is 6.94. The SMILES string of the molecule is CC1=C(C(=O)Nc2ccc(N)c(C(=N)c3cccc(N4CCOCC4)c3)c2)C(C)(C)N(N)C(=N)N1C.N.[HH].[HH]. The third-order valence-corrected chi connectivity index (χ3v) is 6.94. The second-order valence-corrected chi connectivity index (χ2v) is 9.55. The van der Waals surface area contributed by atoms with Gasteiger partial charge >= 0.3 is 0 Å². The number of amides is 1. The standard InChI is InChI=1S/C26H34N8O2.H3N.2H2/c1-16-22(26(2,3)34(30)25(29)32(16)4)24(35)31-18-8-9-21(27)20(15-18)23(28)17-6-5-7-19(14-17)33-10-12-36-13-11-33;;;/h5-9,14-15,28-29H,10-13,27,30H2,1-4H3,(H,31,35);1H3;2*1H. The molecule has 1 saturated heterocycles. The number of allylic oxidation sites excluding steroid dienone is 1. The van der Waals surface area contributed by atoms with Crippen molar-refractivity contribution in [2.24, 2.45) is 5.84 Å². The molecular weight excluding hydrogens is 470 g/mol. The van der Waals surface area contributed by atoms with Gasteiger partial charge in [-0.25, -0.2) is 5.84 Å². The summed E-state index contributed by atoms with van der Waals surface area (Å²) in [6.45, 7) is 8.38. The maximum absolute atomic E-state index is 13.4. The average Bonchev–Trinajstić information content (AvgIpc) is 2.87. The van der Waals surface area contributed by atoms with Gasteiger partial charge in [0.15, 0.2) is 0 Å². The van der Waals surface area contributed by atoms with Crippen molar-refractivity contribution in [2.75, 3.05) is 49.3 Å². The first-order chi connectivity index (χ1) is 17.0. The average molecular weight is 512 g/mol. The van der Waals surface area contributed by atoms with Crippen molar-refractivity contribution < 1.29 is 12.4 Å². The van der Waals surface area contributed by atoms with E-state index in [4.69, 9.17) is 27.1 Å². The molecule has 0 unspecified atom stereocenters. The Hall–Kier alpha value is -3.93. The van der Waals surface area contributed by atoms with Crippen LogP contribution in [0.4, 0.5) is 17.1 Å². The fourth-order valence-corrected chi connectivity index (χ4v) is 4.64. The van der Waals surface area contributed by atoms with Crippen molar-refractivity contribution in [2.45, 2.75) is 26.3 Å². The molecule has 0 saturated carbocycles. The molecule has 2 heterocycles. The van der Waals surface area contributed by atoms with E-state index in [0.29, 0.717) is 41.4 Å². The van der Waals surface area contributed by atoms with Gasteiger partial charge in [0.25, 0.3) is 5.91 Å². The number of nitrogens with two attached hydrogens (primary N) is 2. The first-order valence-corrected chi connectivity index (χ1v) is 11.8. The van der Waals surface area contributed by atoms with Gasteiger partial charge in [0.1, 0.15) is 0 Å². The van der Waals surface area contributed by atoms with E-state index in [2.05, 4.69) is 10.2 Å². The van der Waals surface area contributed by atoms with Gasteiger partial charge in [0, 0.05) is 56.9 Å². The molecule has 0 spiro atoms. The molecule has 11 nitrogen and oxygen atoms in total. The number of carbonyl (C=O) groups is 1. The van der Waals surface area contributed by atoms with Crippen LogP contribution in [0.15, 0.2) is 53.7 Å².